The molecule has 0 saturated carbocycles. The van der Waals surface area contributed by atoms with E-state index in [1.54, 1.807) is 0 Å². The third-order valence-electron chi connectivity index (χ3n) is 2.99. The van der Waals surface area contributed by atoms with Crippen molar-refractivity contribution in [3.8, 4) is 11.5 Å². The Hall–Kier alpha value is -1.71. The van der Waals surface area contributed by atoms with Gasteiger partial charge in [0, 0.05) is 0 Å². The molecule has 1 aromatic rings. The van der Waals surface area contributed by atoms with Crippen LogP contribution < -0.4 is 0 Å². The molecule has 0 atom stereocenters. The summed E-state index contributed by atoms with van der Waals surface area (Å²) in [5.74, 6) is -2.22. The minimum absolute atomic E-state index is 0.241. The number of phenolic OH excluding ortho intramolecular Hbond substituents is 1. The molecule has 3 N–H and O–H groups in total. The summed E-state index contributed by atoms with van der Waals surface area (Å²) in [5, 5.41) is 27.8. The number of carboxylic acids is 1. The summed E-state index contributed by atoms with van der Waals surface area (Å²) in [7, 11) is 0. The lowest BCUT2D eigenvalue weighted by atomic mass is 9.81. The smallest absolute Gasteiger partial charge is 0.339 e. The van der Waals surface area contributed by atoms with Gasteiger partial charge in [0.2, 0.25) is 0 Å². The number of carboxylic acid groups (broad SMARTS) is 1. The van der Waals surface area contributed by atoms with Crippen LogP contribution in [0.3, 0.4) is 0 Å². The first kappa shape index (κ1) is 12.4. The molecule has 4 heteroatoms. The topological polar surface area (TPSA) is 77.8 Å². The Bertz CT molecular complexity index is 421. The van der Waals surface area contributed by atoms with Gasteiger partial charge in [0.25, 0.3) is 0 Å². The molecule has 0 aliphatic carbocycles. The molecule has 0 spiro atoms. The van der Waals surface area contributed by atoms with E-state index in [0.717, 1.165) is 6.42 Å². The van der Waals surface area contributed by atoms with Crippen molar-refractivity contribution in [3.63, 3.8) is 0 Å². The van der Waals surface area contributed by atoms with Crippen LogP contribution in [0.4, 0.5) is 0 Å². The summed E-state index contributed by atoms with van der Waals surface area (Å²) in [5.41, 5.74) is 0.189. The van der Waals surface area contributed by atoms with Crippen molar-refractivity contribution in [3.05, 3.63) is 23.3 Å². The summed E-state index contributed by atoms with van der Waals surface area (Å²) < 4.78 is 0. The van der Waals surface area contributed by atoms with Crippen molar-refractivity contribution in [2.24, 2.45) is 0 Å². The fourth-order valence-electron chi connectivity index (χ4n) is 1.38. The van der Waals surface area contributed by atoms with Crippen LogP contribution in [0, 0.1) is 0 Å². The Morgan fingerprint density at radius 3 is 2.31 bits per heavy atom. The minimum atomic E-state index is -1.25. The molecule has 0 aromatic heterocycles. The fourth-order valence-corrected chi connectivity index (χ4v) is 1.38. The van der Waals surface area contributed by atoms with Crippen molar-refractivity contribution in [2.75, 3.05) is 0 Å². The van der Waals surface area contributed by atoms with Crippen molar-refractivity contribution in [2.45, 2.75) is 32.6 Å². The third-order valence-corrected chi connectivity index (χ3v) is 2.99. The van der Waals surface area contributed by atoms with E-state index in [9.17, 15) is 15.0 Å². The van der Waals surface area contributed by atoms with Gasteiger partial charge in [0.15, 0.2) is 11.5 Å². The van der Waals surface area contributed by atoms with Crippen LogP contribution in [0.1, 0.15) is 43.1 Å². The first-order valence-electron chi connectivity index (χ1n) is 5.09. The molecule has 16 heavy (non-hydrogen) atoms. The van der Waals surface area contributed by atoms with Crippen LogP contribution in [0.5, 0.6) is 11.5 Å². The highest BCUT2D eigenvalue weighted by Gasteiger charge is 2.23. The van der Waals surface area contributed by atoms with Crippen molar-refractivity contribution < 1.29 is 20.1 Å². The van der Waals surface area contributed by atoms with Gasteiger partial charge in [-0.05, 0) is 29.5 Å². The van der Waals surface area contributed by atoms with Gasteiger partial charge in [0.1, 0.15) is 5.56 Å². The average molecular weight is 224 g/mol. The van der Waals surface area contributed by atoms with Gasteiger partial charge in [-0.15, -0.1) is 0 Å². The fraction of sp³-hybridized carbons (Fsp3) is 0.417. The van der Waals surface area contributed by atoms with Crippen LogP contribution >= 0.6 is 0 Å². The number of hydrogen-bond donors (Lipinski definition) is 3. The van der Waals surface area contributed by atoms with E-state index in [1.807, 2.05) is 20.8 Å². The molecule has 0 radical (unpaired) electrons. The van der Waals surface area contributed by atoms with Crippen molar-refractivity contribution >= 4 is 5.97 Å². The van der Waals surface area contributed by atoms with Crippen LogP contribution in [0.2, 0.25) is 0 Å². The van der Waals surface area contributed by atoms with E-state index >= 15 is 0 Å². The summed E-state index contributed by atoms with van der Waals surface area (Å²) in [6.45, 7) is 5.87. The molecule has 0 saturated heterocycles. The number of aromatic carboxylic acids is 1. The Kier molecular flexibility index (Phi) is 3.12. The molecule has 1 rings (SSSR count). The number of aromatic hydroxyl groups is 2. The summed E-state index contributed by atoms with van der Waals surface area (Å²) in [6.07, 6.45) is 0.802. The lowest BCUT2D eigenvalue weighted by Crippen LogP contribution is -2.16. The van der Waals surface area contributed by atoms with Crippen LogP contribution in [0.25, 0.3) is 0 Å². The van der Waals surface area contributed by atoms with Gasteiger partial charge >= 0.3 is 5.97 Å². The maximum absolute atomic E-state index is 10.9. The molecule has 0 bridgehead atoms. The lowest BCUT2D eigenvalue weighted by molar-refractivity contribution is 0.0692. The van der Waals surface area contributed by atoms with Crippen molar-refractivity contribution in [1.29, 1.82) is 0 Å². The molecule has 0 fully saturated rings. The number of rotatable bonds is 3. The molecule has 1 aromatic carbocycles. The Morgan fingerprint density at radius 2 is 1.88 bits per heavy atom. The largest absolute Gasteiger partial charge is 0.504 e. The summed E-state index contributed by atoms with van der Waals surface area (Å²) in [6, 6.07) is 2.81. The lowest BCUT2D eigenvalue weighted by Gasteiger charge is -2.24. The molecular formula is C12H16O4. The summed E-state index contributed by atoms with van der Waals surface area (Å²) in [4.78, 5) is 10.9. The molecule has 0 unspecified atom stereocenters. The van der Waals surface area contributed by atoms with E-state index < -0.39 is 17.5 Å². The monoisotopic (exact) mass is 224 g/mol. The highest BCUT2D eigenvalue weighted by atomic mass is 16.4. The number of phenols is 2. The van der Waals surface area contributed by atoms with E-state index in [0.29, 0.717) is 5.56 Å². The number of benzene rings is 1. The van der Waals surface area contributed by atoms with Crippen molar-refractivity contribution in [1.82, 2.24) is 0 Å². The molecule has 0 heterocycles. The standard InChI is InChI=1S/C12H16O4/c1-4-12(2,3)7-5-8(11(15)16)10(14)9(13)6-7/h5-6,13-14H,4H2,1-3H3,(H,15,16). The van der Waals surface area contributed by atoms with E-state index in [2.05, 4.69) is 0 Å². The van der Waals surface area contributed by atoms with Crippen LogP contribution in [-0.2, 0) is 5.41 Å². The predicted octanol–water partition coefficient (Wildman–Crippen LogP) is 2.48. The third kappa shape index (κ3) is 2.10. The maximum atomic E-state index is 10.9. The Morgan fingerprint density at radius 1 is 1.31 bits per heavy atom. The molecule has 0 aliphatic heterocycles. The van der Waals surface area contributed by atoms with Crippen LogP contribution in [0.15, 0.2) is 12.1 Å². The van der Waals surface area contributed by atoms with E-state index in [-0.39, 0.29) is 11.0 Å². The average Bonchev–Trinajstić information content (AvgIpc) is 2.21. The van der Waals surface area contributed by atoms with E-state index in [4.69, 9.17) is 5.11 Å². The second kappa shape index (κ2) is 4.04. The number of hydrogen-bond acceptors (Lipinski definition) is 3. The molecule has 88 valence electrons. The molecular weight excluding hydrogens is 208 g/mol. The zero-order chi connectivity index (χ0) is 12.5. The zero-order valence-corrected chi connectivity index (χ0v) is 9.61. The highest BCUT2D eigenvalue weighted by Crippen LogP contribution is 2.36. The summed E-state index contributed by atoms with van der Waals surface area (Å²) >= 11 is 0. The second-order valence-corrected chi connectivity index (χ2v) is 4.43. The molecule has 4 nitrogen and oxygen atoms in total. The normalized spacial score (nSPS) is 11.4. The molecule has 0 amide bonds. The number of carbonyl (C=O) groups is 1. The predicted molar refractivity (Wildman–Crippen MR) is 60.0 cm³/mol. The van der Waals surface area contributed by atoms with Gasteiger partial charge in [-0.1, -0.05) is 20.8 Å². The molecule has 0 aliphatic rings. The SMILES string of the molecule is CCC(C)(C)c1cc(O)c(O)c(C(=O)O)c1. The Balaban J connectivity index is 3.41. The van der Waals surface area contributed by atoms with Gasteiger partial charge in [-0.3, -0.25) is 0 Å². The van der Waals surface area contributed by atoms with Gasteiger partial charge in [0.05, 0.1) is 0 Å². The van der Waals surface area contributed by atoms with Gasteiger partial charge in [-0.25, -0.2) is 4.79 Å². The first-order valence-corrected chi connectivity index (χ1v) is 5.09. The minimum Gasteiger partial charge on any atom is -0.504 e. The Labute approximate surface area is 94.2 Å². The quantitative estimate of drug-likeness (QED) is 0.689. The zero-order valence-electron chi connectivity index (χ0n) is 9.61. The van der Waals surface area contributed by atoms with Crippen LogP contribution in [-0.4, -0.2) is 21.3 Å². The first-order chi connectivity index (χ1) is 7.29. The van der Waals surface area contributed by atoms with Gasteiger partial charge in [-0.2, -0.15) is 0 Å². The highest BCUT2D eigenvalue weighted by molar-refractivity contribution is 5.92. The second-order valence-electron chi connectivity index (χ2n) is 4.43. The van der Waals surface area contributed by atoms with Gasteiger partial charge < -0.3 is 15.3 Å². The maximum Gasteiger partial charge on any atom is 0.339 e. The van der Waals surface area contributed by atoms with E-state index in [1.165, 1.54) is 12.1 Å².